The van der Waals surface area contributed by atoms with Gasteiger partial charge in [0.25, 0.3) is 5.91 Å². The van der Waals surface area contributed by atoms with E-state index < -0.39 is 5.97 Å². The maximum absolute atomic E-state index is 11.7. The summed E-state index contributed by atoms with van der Waals surface area (Å²) in [6.45, 7) is 5.41. The van der Waals surface area contributed by atoms with Gasteiger partial charge >= 0.3 is 5.97 Å². The molecule has 0 aliphatic rings. The number of pyridine rings is 1. The smallest absolute Gasteiger partial charge is 0.335 e. The molecule has 1 amide bonds. The molecule has 0 radical (unpaired) electrons. The van der Waals surface area contributed by atoms with Crippen molar-refractivity contribution in [3.05, 3.63) is 42.2 Å². The fourth-order valence-corrected chi connectivity index (χ4v) is 1.29. The first kappa shape index (κ1) is 12.9. The molecule has 17 heavy (non-hydrogen) atoms. The van der Waals surface area contributed by atoms with E-state index in [4.69, 9.17) is 5.11 Å². The van der Waals surface area contributed by atoms with E-state index in [1.54, 1.807) is 6.08 Å². The Balaban J connectivity index is 2.78. The van der Waals surface area contributed by atoms with Crippen LogP contribution in [0.2, 0.25) is 0 Å². The molecule has 1 rings (SSSR count). The van der Waals surface area contributed by atoms with Crippen molar-refractivity contribution in [2.45, 2.75) is 19.4 Å². The van der Waals surface area contributed by atoms with Crippen LogP contribution in [0.25, 0.3) is 0 Å². The maximum atomic E-state index is 11.7. The Morgan fingerprint density at radius 1 is 1.65 bits per heavy atom. The summed E-state index contributed by atoms with van der Waals surface area (Å²) < 4.78 is 0. The number of hydrogen-bond donors (Lipinski definition) is 2. The third-order valence-electron chi connectivity index (χ3n) is 2.14. The number of hydrogen-bond acceptors (Lipinski definition) is 3. The predicted molar refractivity (Wildman–Crippen MR) is 62.9 cm³/mol. The highest BCUT2D eigenvalue weighted by Gasteiger charge is 2.12. The molecule has 2 N–H and O–H groups in total. The Bertz CT molecular complexity index is 443. The molecule has 5 heteroatoms. The molecule has 1 heterocycles. The van der Waals surface area contributed by atoms with E-state index in [0.717, 1.165) is 0 Å². The lowest BCUT2D eigenvalue weighted by Gasteiger charge is -2.11. The second kappa shape index (κ2) is 5.79. The van der Waals surface area contributed by atoms with Crippen molar-refractivity contribution in [2.75, 3.05) is 0 Å². The van der Waals surface area contributed by atoms with E-state index >= 15 is 0 Å². The van der Waals surface area contributed by atoms with Gasteiger partial charge in [-0.25, -0.2) is 4.79 Å². The number of nitrogens with zero attached hydrogens (tertiary/aromatic N) is 1. The highest BCUT2D eigenvalue weighted by molar-refractivity contribution is 5.95. The predicted octanol–water partition coefficient (Wildman–Crippen LogP) is 1.47. The van der Waals surface area contributed by atoms with Gasteiger partial charge in [-0.2, -0.15) is 0 Å². The molecule has 0 fully saturated rings. The minimum atomic E-state index is -1.08. The average molecular weight is 234 g/mol. The van der Waals surface area contributed by atoms with Gasteiger partial charge in [-0.05, 0) is 25.5 Å². The lowest BCUT2D eigenvalue weighted by atomic mass is 10.2. The summed E-state index contributed by atoms with van der Waals surface area (Å²) >= 11 is 0. The third kappa shape index (κ3) is 3.71. The number of rotatable bonds is 5. The van der Waals surface area contributed by atoms with Gasteiger partial charge in [0.05, 0.1) is 5.56 Å². The van der Waals surface area contributed by atoms with Crippen LogP contribution in [0.15, 0.2) is 31.0 Å². The monoisotopic (exact) mass is 234 g/mol. The van der Waals surface area contributed by atoms with Crippen molar-refractivity contribution >= 4 is 11.9 Å². The van der Waals surface area contributed by atoms with Crippen molar-refractivity contribution in [1.82, 2.24) is 10.3 Å². The van der Waals surface area contributed by atoms with Crippen LogP contribution in [-0.4, -0.2) is 28.0 Å². The van der Waals surface area contributed by atoms with Crippen molar-refractivity contribution in [3.8, 4) is 0 Å². The van der Waals surface area contributed by atoms with E-state index in [-0.39, 0.29) is 23.2 Å². The standard InChI is InChI=1S/C12H14N2O3/c1-3-4-8(2)14-11(15)10-7-9(12(16)17)5-6-13-10/h3,5-8H,1,4H2,2H3,(H,14,15)(H,16,17). The Morgan fingerprint density at radius 2 is 2.35 bits per heavy atom. The molecular formula is C12H14N2O3. The van der Waals surface area contributed by atoms with Crippen molar-refractivity contribution < 1.29 is 14.7 Å². The SMILES string of the molecule is C=CCC(C)NC(=O)c1cc(C(=O)O)ccn1. The molecule has 1 aromatic heterocycles. The number of carboxylic acid groups (broad SMARTS) is 1. The molecule has 1 atom stereocenters. The second-order valence-corrected chi connectivity index (χ2v) is 3.63. The van der Waals surface area contributed by atoms with Gasteiger partial charge in [0.2, 0.25) is 0 Å². The number of carboxylic acids is 1. The first-order valence-corrected chi connectivity index (χ1v) is 5.15. The minimum absolute atomic E-state index is 0.0431. The molecule has 90 valence electrons. The van der Waals surface area contributed by atoms with Crippen LogP contribution >= 0.6 is 0 Å². The fraction of sp³-hybridized carbons (Fsp3) is 0.250. The first-order chi connectivity index (χ1) is 8.04. The summed E-state index contributed by atoms with van der Waals surface area (Å²) in [6, 6.07) is 2.53. The first-order valence-electron chi connectivity index (χ1n) is 5.15. The molecule has 1 aromatic rings. The number of carbonyl (C=O) groups is 2. The number of amides is 1. The lowest BCUT2D eigenvalue weighted by molar-refractivity contribution is 0.0696. The highest BCUT2D eigenvalue weighted by Crippen LogP contribution is 2.03. The third-order valence-corrected chi connectivity index (χ3v) is 2.14. The van der Waals surface area contributed by atoms with Gasteiger partial charge in [-0.1, -0.05) is 6.08 Å². The molecule has 0 aliphatic heterocycles. The number of aromatic carboxylic acids is 1. The number of nitrogens with one attached hydrogen (secondary N) is 1. The minimum Gasteiger partial charge on any atom is -0.478 e. The topological polar surface area (TPSA) is 79.3 Å². The van der Waals surface area contributed by atoms with Crippen molar-refractivity contribution in [2.24, 2.45) is 0 Å². The van der Waals surface area contributed by atoms with E-state index in [0.29, 0.717) is 6.42 Å². The summed E-state index contributed by atoms with van der Waals surface area (Å²) in [6.07, 6.45) is 3.65. The van der Waals surface area contributed by atoms with Crippen molar-refractivity contribution in [3.63, 3.8) is 0 Å². The van der Waals surface area contributed by atoms with Gasteiger partial charge in [0.1, 0.15) is 5.69 Å². The summed E-state index contributed by atoms with van der Waals surface area (Å²) in [4.78, 5) is 26.3. The number of aromatic nitrogens is 1. The molecular weight excluding hydrogens is 220 g/mol. The number of carbonyl (C=O) groups excluding carboxylic acids is 1. The quantitative estimate of drug-likeness (QED) is 0.756. The normalized spacial score (nSPS) is 11.6. The maximum Gasteiger partial charge on any atom is 0.335 e. The van der Waals surface area contributed by atoms with Gasteiger partial charge in [-0.3, -0.25) is 9.78 Å². The Labute approximate surface area is 99.2 Å². The van der Waals surface area contributed by atoms with Crippen LogP contribution < -0.4 is 5.32 Å². The Hall–Kier alpha value is -2.17. The molecule has 1 unspecified atom stereocenters. The molecule has 0 aromatic carbocycles. The molecule has 0 saturated carbocycles. The summed E-state index contributed by atoms with van der Waals surface area (Å²) in [5.41, 5.74) is 0.141. The summed E-state index contributed by atoms with van der Waals surface area (Å²) in [7, 11) is 0. The molecule has 5 nitrogen and oxygen atoms in total. The molecule has 0 spiro atoms. The summed E-state index contributed by atoms with van der Waals surface area (Å²) in [5.74, 6) is -1.47. The molecule has 0 saturated heterocycles. The van der Waals surface area contributed by atoms with Crippen molar-refractivity contribution in [1.29, 1.82) is 0 Å². The van der Waals surface area contributed by atoms with Gasteiger partial charge in [0.15, 0.2) is 0 Å². The van der Waals surface area contributed by atoms with Crippen LogP contribution in [0.3, 0.4) is 0 Å². The van der Waals surface area contributed by atoms with E-state index in [2.05, 4.69) is 16.9 Å². The molecule has 0 aliphatic carbocycles. The Morgan fingerprint density at radius 3 is 2.94 bits per heavy atom. The van der Waals surface area contributed by atoms with Crippen LogP contribution in [-0.2, 0) is 0 Å². The zero-order chi connectivity index (χ0) is 12.8. The van der Waals surface area contributed by atoms with Crippen LogP contribution in [0, 0.1) is 0 Å². The zero-order valence-electron chi connectivity index (χ0n) is 9.51. The second-order valence-electron chi connectivity index (χ2n) is 3.63. The van der Waals surface area contributed by atoms with Gasteiger partial charge in [-0.15, -0.1) is 6.58 Å². The average Bonchev–Trinajstić information content (AvgIpc) is 2.29. The highest BCUT2D eigenvalue weighted by atomic mass is 16.4. The largest absolute Gasteiger partial charge is 0.478 e. The molecule has 0 bridgehead atoms. The van der Waals surface area contributed by atoms with E-state index in [1.165, 1.54) is 18.3 Å². The zero-order valence-corrected chi connectivity index (χ0v) is 9.51. The van der Waals surface area contributed by atoms with Gasteiger partial charge in [0, 0.05) is 12.2 Å². The van der Waals surface area contributed by atoms with Crippen LogP contribution in [0.1, 0.15) is 34.2 Å². The van der Waals surface area contributed by atoms with E-state index in [1.807, 2.05) is 6.92 Å². The summed E-state index contributed by atoms with van der Waals surface area (Å²) in [5, 5.41) is 11.5. The lowest BCUT2D eigenvalue weighted by Crippen LogP contribution is -2.32. The van der Waals surface area contributed by atoms with Gasteiger partial charge < -0.3 is 10.4 Å². The fourth-order valence-electron chi connectivity index (χ4n) is 1.29. The van der Waals surface area contributed by atoms with Crippen LogP contribution in [0.4, 0.5) is 0 Å². The van der Waals surface area contributed by atoms with Crippen LogP contribution in [0.5, 0.6) is 0 Å². The Kier molecular flexibility index (Phi) is 4.39. The van der Waals surface area contributed by atoms with E-state index in [9.17, 15) is 9.59 Å².